The monoisotopic (exact) mass is 439 g/mol. The zero-order valence-electron chi connectivity index (χ0n) is 17.9. The number of ether oxygens (including phenoxy) is 1. The van der Waals surface area contributed by atoms with Gasteiger partial charge in [0.05, 0.1) is 22.4 Å². The van der Waals surface area contributed by atoms with Crippen LogP contribution in [0.3, 0.4) is 0 Å². The molecule has 0 N–H and O–H groups in total. The molecule has 1 aliphatic heterocycles. The van der Waals surface area contributed by atoms with Gasteiger partial charge in [0.1, 0.15) is 28.8 Å². The van der Waals surface area contributed by atoms with E-state index in [0.29, 0.717) is 39.2 Å². The fraction of sp³-hybridized carbons (Fsp3) is 0.222. The molecule has 1 aliphatic carbocycles. The van der Waals surface area contributed by atoms with E-state index >= 15 is 0 Å². The van der Waals surface area contributed by atoms with Crippen LogP contribution >= 0.6 is 0 Å². The zero-order chi connectivity index (χ0) is 22.4. The third-order valence-corrected chi connectivity index (χ3v) is 6.31. The Morgan fingerprint density at radius 2 is 1.55 bits per heavy atom. The number of hydrogen-bond acceptors (Lipinski definition) is 6. The van der Waals surface area contributed by atoms with Crippen molar-refractivity contribution in [3.63, 3.8) is 0 Å². The number of hydrogen-bond donors (Lipinski definition) is 0. The maximum Gasteiger partial charge on any atom is 0.259 e. The number of aliphatic imine (C=N–C) groups is 1. The Bertz CT molecular complexity index is 1570. The number of benzene rings is 2. The van der Waals surface area contributed by atoms with Gasteiger partial charge in [0.25, 0.3) is 5.90 Å². The minimum atomic E-state index is -0.211. The highest BCUT2D eigenvalue weighted by Crippen LogP contribution is 2.33. The van der Waals surface area contributed by atoms with Crippen LogP contribution < -0.4 is 10.9 Å². The van der Waals surface area contributed by atoms with Gasteiger partial charge in [-0.25, -0.2) is 4.99 Å². The van der Waals surface area contributed by atoms with Gasteiger partial charge in [-0.3, -0.25) is 9.59 Å². The van der Waals surface area contributed by atoms with E-state index < -0.39 is 0 Å². The molecule has 0 saturated heterocycles. The van der Waals surface area contributed by atoms with E-state index in [0.717, 1.165) is 25.7 Å². The topological polar surface area (TPSA) is 82.0 Å². The highest BCUT2D eigenvalue weighted by Gasteiger charge is 2.33. The Balaban J connectivity index is 1.55. The van der Waals surface area contributed by atoms with Crippen molar-refractivity contribution < 1.29 is 13.6 Å². The molecule has 1 saturated carbocycles. The van der Waals surface area contributed by atoms with Crippen molar-refractivity contribution in [1.82, 2.24) is 0 Å². The quantitative estimate of drug-likeness (QED) is 0.411. The minimum Gasteiger partial charge on any atom is -0.463 e. The molecule has 2 aromatic heterocycles. The molecule has 2 aliphatic rings. The molecular formula is C27H21NO5. The fourth-order valence-corrected chi connectivity index (χ4v) is 4.61. The molecule has 6 rings (SSSR count). The highest BCUT2D eigenvalue weighted by atomic mass is 16.5. The number of rotatable bonds is 2. The fourth-order valence-electron chi connectivity index (χ4n) is 4.61. The smallest absolute Gasteiger partial charge is 0.259 e. The van der Waals surface area contributed by atoms with Crippen molar-refractivity contribution in [2.24, 2.45) is 4.99 Å². The van der Waals surface area contributed by atoms with Gasteiger partial charge in [-0.1, -0.05) is 43.5 Å². The second-order valence-corrected chi connectivity index (χ2v) is 8.48. The molecule has 0 amide bonds. The third-order valence-electron chi connectivity index (χ3n) is 6.31. The van der Waals surface area contributed by atoms with Crippen LogP contribution in [-0.2, 0) is 4.74 Å². The molecule has 6 heteroatoms. The Kier molecular flexibility index (Phi) is 4.72. The summed E-state index contributed by atoms with van der Waals surface area (Å²) in [5, 5.41) is 0.918. The molecule has 0 atom stereocenters. The van der Waals surface area contributed by atoms with Crippen LogP contribution in [0.5, 0.6) is 0 Å². The summed E-state index contributed by atoms with van der Waals surface area (Å²) in [6.07, 6.45) is 8.35. The summed E-state index contributed by atoms with van der Waals surface area (Å²) in [5.41, 5.74) is 1.15. The van der Waals surface area contributed by atoms with E-state index in [4.69, 9.17) is 18.6 Å². The van der Waals surface area contributed by atoms with Crippen molar-refractivity contribution in [3.8, 4) is 0 Å². The maximum atomic E-state index is 13.4. The largest absolute Gasteiger partial charge is 0.463 e. The van der Waals surface area contributed by atoms with E-state index in [2.05, 4.69) is 0 Å². The molecule has 0 radical (unpaired) electrons. The molecule has 33 heavy (non-hydrogen) atoms. The number of para-hydroxylation sites is 2. The van der Waals surface area contributed by atoms with Gasteiger partial charge < -0.3 is 13.6 Å². The zero-order valence-corrected chi connectivity index (χ0v) is 17.9. The maximum absolute atomic E-state index is 13.4. The average Bonchev–Trinajstić information content (AvgIpc) is 3.18. The third kappa shape index (κ3) is 3.39. The molecule has 1 fully saturated rings. The SMILES string of the molecule is O=c1c(/C=C2\OC(=NC3CCCCC3)c3oc4ccccc4c(=O)c32)coc2ccccc12. The summed E-state index contributed by atoms with van der Waals surface area (Å²) in [6, 6.07) is 14.3. The lowest BCUT2D eigenvalue weighted by molar-refractivity contribution is 0.427. The van der Waals surface area contributed by atoms with Crippen LogP contribution in [0.25, 0.3) is 33.8 Å². The summed E-state index contributed by atoms with van der Waals surface area (Å²) in [4.78, 5) is 31.3. The second-order valence-electron chi connectivity index (χ2n) is 8.48. The van der Waals surface area contributed by atoms with Crippen molar-refractivity contribution >= 4 is 39.7 Å². The van der Waals surface area contributed by atoms with Crippen LogP contribution in [-0.4, -0.2) is 11.9 Å². The Hall–Kier alpha value is -3.93. The minimum absolute atomic E-state index is 0.128. The molecular weight excluding hydrogens is 418 g/mol. The van der Waals surface area contributed by atoms with Gasteiger partial charge in [-0.15, -0.1) is 0 Å². The van der Waals surface area contributed by atoms with Gasteiger partial charge in [-0.2, -0.15) is 0 Å². The van der Waals surface area contributed by atoms with Gasteiger partial charge >= 0.3 is 0 Å². The lowest BCUT2D eigenvalue weighted by Crippen LogP contribution is -2.14. The lowest BCUT2D eigenvalue weighted by Gasteiger charge is -2.17. The van der Waals surface area contributed by atoms with E-state index in [1.165, 1.54) is 12.7 Å². The predicted molar refractivity (Wildman–Crippen MR) is 127 cm³/mol. The molecule has 0 bridgehead atoms. The Morgan fingerprint density at radius 1 is 0.848 bits per heavy atom. The van der Waals surface area contributed by atoms with Gasteiger partial charge in [0, 0.05) is 0 Å². The Morgan fingerprint density at radius 3 is 2.33 bits per heavy atom. The van der Waals surface area contributed by atoms with Crippen LogP contribution in [0.15, 0.2) is 78.2 Å². The van der Waals surface area contributed by atoms with Crippen molar-refractivity contribution in [2.45, 2.75) is 38.1 Å². The normalized spacial score (nSPS) is 18.8. The first-order chi connectivity index (χ1) is 16.2. The average molecular weight is 439 g/mol. The van der Waals surface area contributed by atoms with Crippen molar-refractivity contribution in [3.05, 3.63) is 92.1 Å². The summed E-state index contributed by atoms with van der Waals surface area (Å²) in [5.74, 6) is 0.874. The molecule has 6 nitrogen and oxygen atoms in total. The first kappa shape index (κ1) is 19.7. The Labute approximate surface area is 188 Å². The van der Waals surface area contributed by atoms with Gasteiger partial charge in [0.15, 0.2) is 5.43 Å². The van der Waals surface area contributed by atoms with E-state index in [9.17, 15) is 9.59 Å². The molecule has 0 spiro atoms. The van der Waals surface area contributed by atoms with E-state index in [1.807, 2.05) is 12.1 Å². The van der Waals surface area contributed by atoms with Crippen LogP contribution in [0.1, 0.15) is 49.0 Å². The second kappa shape index (κ2) is 7.89. The van der Waals surface area contributed by atoms with Crippen molar-refractivity contribution in [2.75, 3.05) is 0 Å². The molecule has 0 unspecified atom stereocenters. The van der Waals surface area contributed by atoms with Gasteiger partial charge in [0.2, 0.25) is 11.2 Å². The highest BCUT2D eigenvalue weighted by molar-refractivity contribution is 6.08. The molecule has 2 aromatic carbocycles. The summed E-state index contributed by atoms with van der Waals surface area (Å²) in [6.45, 7) is 0. The number of fused-ring (bicyclic) bond motifs is 3. The first-order valence-corrected chi connectivity index (χ1v) is 11.2. The van der Waals surface area contributed by atoms with Crippen LogP contribution in [0.2, 0.25) is 0 Å². The summed E-state index contributed by atoms with van der Waals surface area (Å²) < 4.78 is 17.8. The van der Waals surface area contributed by atoms with Gasteiger partial charge in [-0.05, 0) is 43.2 Å². The van der Waals surface area contributed by atoms with Crippen LogP contribution in [0.4, 0.5) is 0 Å². The summed E-state index contributed by atoms with van der Waals surface area (Å²) in [7, 11) is 0. The lowest BCUT2D eigenvalue weighted by atomic mass is 9.96. The standard InChI is InChI=1S/C27H21NO5/c29-24-16(15-31-20-12-6-4-10-18(20)24)14-22-23-25(30)19-11-5-7-13-21(19)32-26(23)27(33-22)28-17-8-2-1-3-9-17/h4-7,10-15,17H,1-3,8-9H2/b22-14-,28-27?. The van der Waals surface area contributed by atoms with E-state index in [1.54, 1.807) is 42.5 Å². The first-order valence-electron chi connectivity index (χ1n) is 11.2. The van der Waals surface area contributed by atoms with E-state index in [-0.39, 0.29) is 28.2 Å². The predicted octanol–water partition coefficient (Wildman–Crippen LogP) is 5.51. The molecule has 4 aromatic rings. The number of nitrogens with zero attached hydrogens (tertiary/aromatic N) is 1. The van der Waals surface area contributed by atoms with Crippen LogP contribution in [0, 0.1) is 0 Å². The molecule has 3 heterocycles. The van der Waals surface area contributed by atoms with Crippen molar-refractivity contribution in [1.29, 1.82) is 0 Å². The molecule has 164 valence electrons. The summed E-state index contributed by atoms with van der Waals surface area (Å²) >= 11 is 0.